The van der Waals surface area contributed by atoms with Crippen molar-refractivity contribution in [3.05, 3.63) is 12.2 Å². The standard InChI is InChI=1S/C34H56N4O2/c1-3-9-21-14-17-24(18-15-21)37-38-32-30-23(16-19-26-25-11-6-8-13-29(25)35-31(26)30)20-27(33(32)39)34(40)36-28-12-7-5-10-22(28)4-2/h3,9,21-33,35,39H,4-8,10-20H2,1-2H3,(H,36,40)/b9-3+,38-37?. The van der Waals surface area contributed by atoms with Gasteiger partial charge in [-0.15, -0.1) is 0 Å². The van der Waals surface area contributed by atoms with Crippen LogP contribution in [0.3, 0.4) is 0 Å². The Morgan fingerprint density at radius 2 is 1.70 bits per heavy atom. The van der Waals surface area contributed by atoms with Gasteiger partial charge in [0.25, 0.3) is 0 Å². The summed E-state index contributed by atoms with van der Waals surface area (Å²) in [6.45, 7) is 4.36. The summed E-state index contributed by atoms with van der Waals surface area (Å²) in [5.74, 6) is 3.18. The van der Waals surface area contributed by atoms with E-state index in [0.29, 0.717) is 41.7 Å². The minimum absolute atomic E-state index is 0.0820. The molecule has 1 amide bonds. The molecule has 6 nitrogen and oxygen atoms in total. The summed E-state index contributed by atoms with van der Waals surface area (Å²) < 4.78 is 0. The van der Waals surface area contributed by atoms with E-state index in [-0.39, 0.29) is 30.0 Å². The molecule has 6 fully saturated rings. The van der Waals surface area contributed by atoms with Gasteiger partial charge in [-0.1, -0.05) is 51.2 Å². The smallest absolute Gasteiger partial charge is 0.226 e. The number of carbonyl (C=O) groups is 1. The first-order chi connectivity index (χ1) is 19.6. The second kappa shape index (κ2) is 12.9. The average molecular weight is 553 g/mol. The zero-order valence-electron chi connectivity index (χ0n) is 25.2. The SMILES string of the molecule is C/C=C/C1CCC(N=NC2C(O)C(C(=O)NC3CCCCC3CC)CC3CCC4C5CCCCC5NC4C32)CC1. The van der Waals surface area contributed by atoms with Crippen molar-refractivity contribution in [2.75, 3.05) is 0 Å². The molecular weight excluding hydrogens is 496 g/mol. The lowest BCUT2D eigenvalue weighted by atomic mass is 9.58. The van der Waals surface area contributed by atoms with Gasteiger partial charge < -0.3 is 15.7 Å². The Morgan fingerprint density at radius 1 is 0.925 bits per heavy atom. The van der Waals surface area contributed by atoms with Gasteiger partial charge in [-0.25, -0.2) is 0 Å². The van der Waals surface area contributed by atoms with E-state index in [1.54, 1.807) is 0 Å². The van der Waals surface area contributed by atoms with Gasteiger partial charge in [0.2, 0.25) is 5.91 Å². The summed E-state index contributed by atoms with van der Waals surface area (Å²) in [5.41, 5.74) is 0. The highest BCUT2D eigenvalue weighted by Gasteiger charge is 2.57. The molecule has 5 saturated carbocycles. The number of aliphatic hydroxyl groups excluding tert-OH is 1. The maximum absolute atomic E-state index is 13.8. The molecule has 11 unspecified atom stereocenters. The molecule has 224 valence electrons. The fourth-order valence-corrected chi connectivity index (χ4v) is 10.3. The lowest BCUT2D eigenvalue weighted by Gasteiger charge is -2.50. The van der Waals surface area contributed by atoms with Gasteiger partial charge in [0.1, 0.15) is 6.04 Å². The summed E-state index contributed by atoms with van der Waals surface area (Å²) >= 11 is 0. The predicted octanol–water partition coefficient (Wildman–Crippen LogP) is 6.58. The van der Waals surface area contributed by atoms with Gasteiger partial charge in [0, 0.05) is 24.0 Å². The van der Waals surface area contributed by atoms with Crippen LogP contribution in [0.5, 0.6) is 0 Å². The number of nitrogens with one attached hydrogen (secondary N) is 2. The molecule has 6 rings (SSSR count). The van der Waals surface area contributed by atoms with E-state index in [0.717, 1.165) is 38.0 Å². The van der Waals surface area contributed by atoms with Crippen molar-refractivity contribution in [2.45, 2.75) is 153 Å². The van der Waals surface area contributed by atoms with Crippen LogP contribution in [0.15, 0.2) is 22.4 Å². The van der Waals surface area contributed by atoms with Crippen molar-refractivity contribution in [3.63, 3.8) is 0 Å². The monoisotopic (exact) mass is 552 g/mol. The van der Waals surface area contributed by atoms with Crippen molar-refractivity contribution in [2.24, 2.45) is 51.7 Å². The molecule has 0 aromatic carbocycles. The number of amides is 1. The van der Waals surface area contributed by atoms with Crippen molar-refractivity contribution < 1.29 is 9.90 Å². The zero-order chi connectivity index (χ0) is 27.6. The second-order valence-electron chi connectivity index (χ2n) is 14.5. The van der Waals surface area contributed by atoms with Gasteiger partial charge in [-0.05, 0) is 107 Å². The fraction of sp³-hybridized carbons (Fsp3) is 0.912. The maximum atomic E-state index is 13.8. The van der Waals surface area contributed by atoms with Crippen molar-refractivity contribution in [1.82, 2.24) is 10.6 Å². The molecule has 1 saturated heterocycles. The minimum atomic E-state index is -0.740. The van der Waals surface area contributed by atoms with E-state index < -0.39 is 6.10 Å². The van der Waals surface area contributed by atoms with Crippen LogP contribution >= 0.6 is 0 Å². The second-order valence-corrected chi connectivity index (χ2v) is 14.5. The number of azo groups is 1. The first kappa shape index (κ1) is 28.8. The molecule has 0 spiro atoms. The normalized spacial score (nSPS) is 47.5. The van der Waals surface area contributed by atoms with Crippen LogP contribution in [0.1, 0.15) is 117 Å². The molecule has 0 radical (unpaired) electrons. The Bertz CT molecular complexity index is 914. The number of nitrogens with zero attached hydrogens (tertiary/aromatic N) is 2. The van der Waals surface area contributed by atoms with Crippen LogP contribution in [0.2, 0.25) is 0 Å². The highest BCUT2D eigenvalue weighted by molar-refractivity contribution is 5.80. The Hall–Kier alpha value is -1.27. The average Bonchev–Trinajstić information content (AvgIpc) is 3.36. The van der Waals surface area contributed by atoms with Gasteiger partial charge >= 0.3 is 0 Å². The number of carbonyl (C=O) groups excluding carboxylic acids is 1. The van der Waals surface area contributed by atoms with Crippen molar-refractivity contribution >= 4 is 5.91 Å². The minimum Gasteiger partial charge on any atom is -0.390 e. The van der Waals surface area contributed by atoms with E-state index in [1.807, 2.05) is 0 Å². The fourth-order valence-electron chi connectivity index (χ4n) is 10.3. The maximum Gasteiger partial charge on any atom is 0.226 e. The first-order valence-corrected chi connectivity index (χ1v) is 17.3. The van der Waals surface area contributed by atoms with Crippen LogP contribution in [-0.4, -0.2) is 47.3 Å². The molecule has 0 bridgehead atoms. The Kier molecular flexibility index (Phi) is 9.32. The molecule has 5 aliphatic carbocycles. The zero-order valence-corrected chi connectivity index (χ0v) is 25.2. The van der Waals surface area contributed by atoms with Crippen LogP contribution in [-0.2, 0) is 4.79 Å². The van der Waals surface area contributed by atoms with E-state index in [9.17, 15) is 9.90 Å². The third-order valence-corrected chi connectivity index (χ3v) is 12.4. The van der Waals surface area contributed by atoms with E-state index in [4.69, 9.17) is 10.2 Å². The third-order valence-electron chi connectivity index (χ3n) is 12.4. The van der Waals surface area contributed by atoms with Crippen molar-refractivity contribution in [1.29, 1.82) is 0 Å². The highest BCUT2D eigenvalue weighted by atomic mass is 16.3. The molecule has 40 heavy (non-hydrogen) atoms. The molecule has 6 heteroatoms. The quantitative estimate of drug-likeness (QED) is 0.257. The van der Waals surface area contributed by atoms with Crippen LogP contribution in [0.25, 0.3) is 0 Å². The van der Waals surface area contributed by atoms with Gasteiger partial charge in [-0.3, -0.25) is 4.79 Å². The summed E-state index contributed by atoms with van der Waals surface area (Å²) in [5, 5.41) is 29.5. The molecule has 3 N–H and O–H groups in total. The van der Waals surface area contributed by atoms with Crippen LogP contribution in [0, 0.1) is 41.4 Å². The van der Waals surface area contributed by atoms with Gasteiger partial charge in [-0.2, -0.15) is 10.2 Å². The molecule has 1 heterocycles. The lowest BCUT2D eigenvalue weighted by molar-refractivity contribution is -0.137. The molecular formula is C34H56N4O2. The van der Waals surface area contributed by atoms with E-state index in [1.165, 1.54) is 70.6 Å². The lowest BCUT2D eigenvalue weighted by Crippen LogP contribution is -2.60. The molecule has 0 aromatic rings. The van der Waals surface area contributed by atoms with Crippen LogP contribution in [0.4, 0.5) is 0 Å². The Balaban J connectivity index is 1.21. The largest absolute Gasteiger partial charge is 0.390 e. The molecule has 1 aliphatic heterocycles. The third kappa shape index (κ3) is 5.82. The van der Waals surface area contributed by atoms with Gasteiger partial charge in [0.05, 0.1) is 18.1 Å². The van der Waals surface area contributed by atoms with Gasteiger partial charge in [0.15, 0.2) is 0 Å². The highest BCUT2D eigenvalue weighted by Crippen LogP contribution is 2.53. The number of hydrogen-bond acceptors (Lipinski definition) is 5. The summed E-state index contributed by atoms with van der Waals surface area (Å²) in [7, 11) is 0. The number of rotatable bonds is 6. The predicted molar refractivity (Wildman–Crippen MR) is 160 cm³/mol. The number of aliphatic hydroxyl groups is 1. The molecule has 11 atom stereocenters. The number of allylic oxidation sites excluding steroid dienone is 2. The van der Waals surface area contributed by atoms with E-state index >= 15 is 0 Å². The summed E-state index contributed by atoms with van der Waals surface area (Å²) in [6.07, 6.45) is 22.8. The first-order valence-electron chi connectivity index (χ1n) is 17.3. The summed E-state index contributed by atoms with van der Waals surface area (Å²) in [4.78, 5) is 13.8. The Morgan fingerprint density at radius 3 is 2.50 bits per heavy atom. The summed E-state index contributed by atoms with van der Waals surface area (Å²) in [6, 6.07) is 1.31. The van der Waals surface area contributed by atoms with E-state index in [2.05, 4.69) is 36.6 Å². The Labute approximate surface area is 243 Å². The topological polar surface area (TPSA) is 86.1 Å². The molecule has 6 aliphatic rings. The number of hydrogen-bond donors (Lipinski definition) is 3. The van der Waals surface area contributed by atoms with Crippen molar-refractivity contribution in [3.8, 4) is 0 Å². The molecule has 0 aromatic heterocycles. The van der Waals surface area contributed by atoms with Crippen LogP contribution < -0.4 is 10.6 Å². The number of fused-ring (bicyclic) bond motifs is 5.